The molecule has 0 radical (unpaired) electrons. The number of aromatic nitrogens is 1. The van der Waals surface area contributed by atoms with Gasteiger partial charge in [0.15, 0.2) is 0 Å². The Labute approximate surface area is 74.0 Å². The molecule has 2 heteroatoms. The third-order valence-electron chi connectivity index (χ3n) is 2.06. The van der Waals surface area contributed by atoms with E-state index in [1.54, 1.807) is 0 Å². The Bertz CT molecular complexity index is 261. The molecule has 0 atom stereocenters. The molecule has 0 aromatic carbocycles. The number of hydrogen-bond acceptors (Lipinski definition) is 2. The largest absolute Gasteiger partial charge is 0.361 e. The maximum atomic E-state index is 5.17. The molecule has 0 aliphatic carbocycles. The Morgan fingerprint density at radius 2 is 1.67 bits per heavy atom. The SMILES string of the molecule is Cc1onc(C(C)C)c1C(C)C. The maximum Gasteiger partial charge on any atom is 0.137 e. The first-order chi connectivity index (χ1) is 5.54. The van der Waals surface area contributed by atoms with E-state index in [0.29, 0.717) is 11.8 Å². The molecular formula is C10H17NO. The molecule has 1 rings (SSSR count). The molecule has 0 spiro atoms. The fraction of sp³-hybridized carbons (Fsp3) is 0.700. The molecule has 68 valence electrons. The van der Waals surface area contributed by atoms with Crippen molar-refractivity contribution in [1.82, 2.24) is 5.16 Å². The average molecular weight is 167 g/mol. The first-order valence-electron chi connectivity index (χ1n) is 4.50. The van der Waals surface area contributed by atoms with Crippen molar-refractivity contribution in [3.05, 3.63) is 17.0 Å². The summed E-state index contributed by atoms with van der Waals surface area (Å²) in [4.78, 5) is 0. The fourth-order valence-corrected chi connectivity index (χ4v) is 1.52. The monoisotopic (exact) mass is 167 g/mol. The minimum absolute atomic E-state index is 0.458. The van der Waals surface area contributed by atoms with Crippen molar-refractivity contribution >= 4 is 0 Å². The quantitative estimate of drug-likeness (QED) is 0.675. The molecule has 1 aromatic rings. The molecule has 0 unspecified atom stereocenters. The van der Waals surface area contributed by atoms with Crippen LogP contribution in [-0.4, -0.2) is 5.16 Å². The van der Waals surface area contributed by atoms with Gasteiger partial charge in [-0.05, 0) is 18.8 Å². The highest BCUT2D eigenvalue weighted by atomic mass is 16.5. The second-order valence-electron chi connectivity index (χ2n) is 3.85. The first kappa shape index (κ1) is 9.30. The summed E-state index contributed by atoms with van der Waals surface area (Å²) in [6, 6.07) is 0. The summed E-state index contributed by atoms with van der Waals surface area (Å²) in [5.41, 5.74) is 2.40. The van der Waals surface area contributed by atoms with Crippen molar-refractivity contribution in [2.45, 2.75) is 46.5 Å². The first-order valence-corrected chi connectivity index (χ1v) is 4.50. The molecule has 0 N–H and O–H groups in total. The second kappa shape index (κ2) is 3.30. The van der Waals surface area contributed by atoms with Gasteiger partial charge in [-0.1, -0.05) is 32.9 Å². The third-order valence-corrected chi connectivity index (χ3v) is 2.06. The van der Waals surface area contributed by atoms with E-state index in [0.717, 1.165) is 11.5 Å². The van der Waals surface area contributed by atoms with Gasteiger partial charge >= 0.3 is 0 Å². The summed E-state index contributed by atoms with van der Waals surface area (Å²) in [6.45, 7) is 10.6. The number of aryl methyl sites for hydroxylation is 1. The van der Waals surface area contributed by atoms with Crippen molar-refractivity contribution in [1.29, 1.82) is 0 Å². The predicted molar refractivity (Wildman–Crippen MR) is 49.4 cm³/mol. The van der Waals surface area contributed by atoms with Gasteiger partial charge in [-0.15, -0.1) is 0 Å². The summed E-state index contributed by atoms with van der Waals surface area (Å²) < 4.78 is 5.17. The van der Waals surface area contributed by atoms with Crippen molar-refractivity contribution in [2.75, 3.05) is 0 Å². The fourth-order valence-electron chi connectivity index (χ4n) is 1.52. The third kappa shape index (κ3) is 1.52. The average Bonchev–Trinajstić information content (AvgIpc) is 2.30. The predicted octanol–water partition coefficient (Wildman–Crippen LogP) is 3.23. The van der Waals surface area contributed by atoms with E-state index >= 15 is 0 Å². The van der Waals surface area contributed by atoms with Crippen LogP contribution in [-0.2, 0) is 0 Å². The molecule has 12 heavy (non-hydrogen) atoms. The van der Waals surface area contributed by atoms with Gasteiger partial charge in [-0.3, -0.25) is 0 Å². The minimum Gasteiger partial charge on any atom is -0.361 e. The normalized spacial score (nSPS) is 11.6. The van der Waals surface area contributed by atoms with Gasteiger partial charge in [0.05, 0.1) is 5.69 Å². The Morgan fingerprint density at radius 3 is 2.00 bits per heavy atom. The standard InChI is InChI=1S/C10H17NO/c1-6(2)9-8(5)12-11-10(9)7(3)4/h6-7H,1-5H3. The maximum absolute atomic E-state index is 5.17. The minimum atomic E-state index is 0.458. The van der Waals surface area contributed by atoms with Crippen molar-refractivity contribution < 1.29 is 4.52 Å². The Morgan fingerprint density at radius 1 is 1.08 bits per heavy atom. The molecular weight excluding hydrogens is 150 g/mol. The number of rotatable bonds is 2. The van der Waals surface area contributed by atoms with Crippen molar-refractivity contribution in [3.63, 3.8) is 0 Å². The molecule has 1 aromatic heterocycles. The molecule has 0 aliphatic rings. The summed E-state index contributed by atoms with van der Waals surface area (Å²) in [7, 11) is 0. The lowest BCUT2D eigenvalue weighted by molar-refractivity contribution is 0.387. The van der Waals surface area contributed by atoms with Gasteiger partial charge in [0.1, 0.15) is 5.76 Å². The van der Waals surface area contributed by atoms with Crippen LogP contribution in [0.15, 0.2) is 4.52 Å². The Hall–Kier alpha value is -0.790. The van der Waals surface area contributed by atoms with E-state index in [1.807, 2.05) is 6.92 Å². The van der Waals surface area contributed by atoms with E-state index in [4.69, 9.17) is 4.52 Å². The molecule has 0 fully saturated rings. The van der Waals surface area contributed by atoms with E-state index in [2.05, 4.69) is 32.9 Å². The van der Waals surface area contributed by atoms with Gasteiger partial charge in [0.25, 0.3) is 0 Å². The Balaban J connectivity index is 3.12. The molecule has 0 saturated heterocycles. The van der Waals surface area contributed by atoms with Gasteiger partial charge in [-0.25, -0.2) is 0 Å². The molecule has 0 aliphatic heterocycles. The van der Waals surface area contributed by atoms with Crippen LogP contribution in [0.5, 0.6) is 0 Å². The van der Waals surface area contributed by atoms with Gasteiger partial charge in [0.2, 0.25) is 0 Å². The molecule has 0 amide bonds. The van der Waals surface area contributed by atoms with E-state index in [9.17, 15) is 0 Å². The van der Waals surface area contributed by atoms with Crippen LogP contribution in [0.1, 0.15) is 56.5 Å². The van der Waals surface area contributed by atoms with Crippen LogP contribution in [0.2, 0.25) is 0 Å². The molecule has 0 saturated carbocycles. The lowest BCUT2D eigenvalue weighted by atomic mass is 9.96. The summed E-state index contributed by atoms with van der Waals surface area (Å²) in [6.07, 6.45) is 0. The lowest BCUT2D eigenvalue weighted by Crippen LogP contribution is -1.97. The second-order valence-corrected chi connectivity index (χ2v) is 3.85. The van der Waals surface area contributed by atoms with Crippen LogP contribution >= 0.6 is 0 Å². The Kier molecular flexibility index (Phi) is 2.55. The summed E-state index contributed by atoms with van der Waals surface area (Å²) >= 11 is 0. The van der Waals surface area contributed by atoms with Crippen molar-refractivity contribution in [2.24, 2.45) is 0 Å². The highest BCUT2D eigenvalue weighted by Gasteiger charge is 2.17. The van der Waals surface area contributed by atoms with E-state index in [-0.39, 0.29) is 0 Å². The zero-order valence-electron chi connectivity index (χ0n) is 8.51. The van der Waals surface area contributed by atoms with Crippen LogP contribution < -0.4 is 0 Å². The number of nitrogens with zero attached hydrogens (tertiary/aromatic N) is 1. The van der Waals surface area contributed by atoms with Gasteiger partial charge in [-0.2, -0.15) is 0 Å². The van der Waals surface area contributed by atoms with Crippen LogP contribution in [0.25, 0.3) is 0 Å². The lowest BCUT2D eigenvalue weighted by Gasteiger charge is -2.07. The van der Waals surface area contributed by atoms with Gasteiger partial charge < -0.3 is 4.52 Å². The number of hydrogen-bond donors (Lipinski definition) is 0. The highest BCUT2D eigenvalue weighted by molar-refractivity contribution is 5.27. The van der Waals surface area contributed by atoms with E-state index in [1.165, 1.54) is 5.56 Å². The van der Waals surface area contributed by atoms with Crippen molar-refractivity contribution in [3.8, 4) is 0 Å². The zero-order valence-corrected chi connectivity index (χ0v) is 8.51. The highest BCUT2D eigenvalue weighted by Crippen LogP contribution is 2.27. The summed E-state index contributed by atoms with van der Waals surface area (Å²) in [5, 5.41) is 4.06. The van der Waals surface area contributed by atoms with E-state index < -0.39 is 0 Å². The smallest absolute Gasteiger partial charge is 0.137 e. The van der Waals surface area contributed by atoms with Gasteiger partial charge in [0, 0.05) is 5.56 Å². The molecule has 0 bridgehead atoms. The molecule has 2 nitrogen and oxygen atoms in total. The molecule has 1 heterocycles. The zero-order chi connectivity index (χ0) is 9.30. The van der Waals surface area contributed by atoms with Crippen LogP contribution in [0.4, 0.5) is 0 Å². The topological polar surface area (TPSA) is 26.0 Å². The van der Waals surface area contributed by atoms with Crippen LogP contribution in [0.3, 0.4) is 0 Å². The van der Waals surface area contributed by atoms with Crippen LogP contribution in [0, 0.1) is 6.92 Å². The summed E-state index contributed by atoms with van der Waals surface area (Å²) in [5.74, 6) is 1.93.